The smallest absolute Gasteiger partial charge is 0.339 e. The van der Waals surface area contributed by atoms with Gasteiger partial charge in [-0.2, -0.15) is 0 Å². The zero-order valence-corrected chi connectivity index (χ0v) is 16.7. The maximum Gasteiger partial charge on any atom is 0.339 e. The van der Waals surface area contributed by atoms with E-state index in [-0.39, 0.29) is 17.2 Å². The summed E-state index contributed by atoms with van der Waals surface area (Å²) in [5.74, 6) is -0.691. The van der Waals surface area contributed by atoms with Gasteiger partial charge in [-0.25, -0.2) is 14.2 Å². The van der Waals surface area contributed by atoms with Crippen LogP contribution in [-0.4, -0.2) is 30.5 Å². The first kappa shape index (κ1) is 20.2. The van der Waals surface area contributed by atoms with Crippen molar-refractivity contribution in [2.75, 3.05) is 13.7 Å². The van der Waals surface area contributed by atoms with Crippen LogP contribution >= 0.6 is 0 Å². The monoisotopic (exact) mass is 415 g/mol. The van der Waals surface area contributed by atoms with Crippen molar-refractivity contribution in [3.05, 3.63) is 95.8 Å². The van der Waals surface area contributed by atoms with Gasteiger partial charge in [0.1, 0.15) is 11.6 Å². The molecular formula is C25H18FNO4. The third kappa shape index (κ3) is 4.43. The van der Waals surface area contributed by atoms with Gasteiger partial charge in [0.15, 0.2) is 12.4 Å². The first-order valence-electron chi connectivity index (χ1n) is 9.55. The molecule has 0 saturated carbocycles. The van der Waals surface area contributed by atoms with Crippen LogP contribution in [0.2, 0.25) is 0 Å². The van der Waals surface area contributed by atoms with Gasteiger partial charge in [0.05, 0.1) is 23.9 Å². The molecule has 0 aliphatic carbocycles. The highest BCUT2D eigenvalue weighted by Crippen LogP contribution is 2.26. The van der Waals surface area contributed by atoms with Gasteiger partial charge < -0.3 is 9.47 Å². The summed E-state index contributed by atoms with van der Waals surface area (Å²) in [6.07, 6.45) is 0. The van der Waals surface area contributed by atoms with Crippen LogP contribution < -0.4 is 4.74 Å². The SMILES string of the molecule is COc1ccc(C(=O)COC(=O)c2cc(-c3ccc(F)cc3)nc3ccccc23)cc1. The predicted molar refractivity (Wildman–Crippen MR) is 115 cm³/mol. The third-order valence-corrected chi connectivity index (χ3v) is 4.82. The maximum atomic E-state index is 13.3. The number of carbonyl (C=O) groups is 2. The van der Waals surface area contributed by atoms with Crippen molar-refractivity contribution in [3.63, 3.8) is 0 Å². The summed E-state index contributed by atoms with van der Waals surface area (Å²) < 4.78 is 23.7. The second-order valence-corrected chi connectivity index (χ2v) is 6.81. The Labute approximate surface area is 178 Å². The number of nitrogens with zero attached hydrogens (tertiary/aromatic N) is 1. The Morgan fingerprint density at radius 1 is 0.935 bits per heavy atom. The lowest BCUT2D eigenvalue weighted by Crippen LogP contribution is -2.15. The van der Waals surface area contributed by atoms with Crippen molar-refractivity contribution in [2.45, 2.75) is 0 Å². The number of carbonyl (C=O) groups excluding carboxylic acids is 2. The Balaban J connectivity index is 1.60. The maximum absolute atomic E-state index is 13.3. The third-order valence-electron chi connectivity index (χ3n) is 4.82. The van der Waals surface area contributed by atoms with Gasteiger partial charge in [-0.3, -0.25) is 4.79 Å². The Morgan fingerprint density at radius 2 is 1.65 bits per heavy atom. The number of esters is 1. The molecular weight excluding hydrogens is 397 g/mol. The molecule has 0 atom stereocenters. The van der Waals surface area contributed by atoms with Gasteiger partial charge in [0.2, 0.25) is 0 Å². The van der Waals surface area contributed by atoms with Gasteiger partial charge in [0, 0.05) is 16.5 Å². The summed E-state index contributed by atoms with van der Waals surface area (Å²) in [4.78, 5) is 29.8. The van der Waals surface area contributed by atoms with Crippen LogP contribution in [0.25, 0.3) is 22.2 Å². The number of methoxy groups -OCH3 is 1. The summed E-state index contributed by atoms with van der Waals surface area (Å²) in [5.41, 5.74) is 2.47. The summed E-state index contributed by atoms with van der Waals surface area (Å²) in [6.45, 7) is -0.395. The quantitative estimate of drug-likeness (QED) is 0.324. The number of aromatic nitrogens is 1. The predicted octanol–water partition coefficient (Wildman–Crippen LogP) is 5.09. The lowest BCUT2D eigenvalue weighted by molar-refractivity contribution is 0.0476. The van der Waals surface area contributed by atoms with E-state index in [4.69, 9.17) is 9.47 Å². The van der Waals surface area contributed by atoms with Crippen molar-refractivity contribution >= 4 is 22.7 Å². The second kappa shape index (κ2) is 8.75. The minimum absolute atomic E-state index is 0.285. The molecule has 3 aromatic carbocycles. The second-order valence-electron chi connectivity index (χ2n) is 6.81. The van der Waals surface area contributed by atoms with Crippen LogP contribution in [0, 0.1) is 5.82 Å². The van der Waals surface area contributed by atoms with E-state index in [0.29, 0.717) is 33.5 Å². The Hall–Kier alpha value is -4.06. The molecule has 0 aliphatic rings. The number of hydrogen-bond acceptors (Lipinski definition) is 5. The molecule has 0 saturated heterocycles. The average molecular weight is 415 g/mol. The molecule has 0 amide bonds. The van der Waals surface area contributed by atoms with E-state index in [1.807, 2.05) is 6.07 Å². The lowest BCUT2D eigenvalue weighted by atomic mass is 10.0. The number of hydrogen-bond donors (Lipinski definition) is 0. The molecule has 0 aliphatic heterocycles. The van der Waals surface area contributed by atoms with E-state index in [1.54, 1.807) is 60.7 Å². The molecule has 0 unspecified atom stereocenters. The van der Waals surface area contributed by atoms with Crippen molar-refractivity contribution in [1.29, 1.82) is 0 Å². The van der Waals surface area contributed by atoms with E-state index in [2.05, 4.69) is 4.98 Å². The average Bonchev–Trinajstić information content (AvgIpc) is 2.82. The largest absolute Gasteiger partial charge is 0.497 e. The zero-order valence-electron chi connectivity index (χ0n) is 16.7. The first-order chi connectivity index (χ1) is 15.0. The highest BCUT2D eigenvalue weighted by Gasteiger charge is 2.17. The number of pyridine rings is 1. The Kier molecular flexibility index (Phi) is 5.71. The van der Waals surface area contributed by atoms with Gasteiger partial charge in [0.25, 0.3) is 0 Å². The molecule has 6 heteroatoms. The minimum Gasteiger partial charge on any atom is -0.497 e. The minimum atomic E-state index is -0.635. The molecule has 5 nitrogen and oxygen atoms in total. The fraction of sp³-hybridized carbons (Fsp3) is 0.0800. The van der Waals surface area contributed by atoms with Crippen LogP contribution in [0.5, 0.6) is 5.75 Å². The van der Waals surface area contributed by atoms with Gasteiger partial charge in [-0.15, -0.1) is 0 Å². The fourth-order valence-corrected chi connectivity index (χ4v) is 3.18. The summed E-state index contributed by atoms with van der Waals surface area (Å²) in [6, 6.07) is 21.1. The number of ketones is 1. The normalized spacial score (nSPS) is 10.6. The number of ether oxygens (including phenoxy) is 2. The molecule has 4 rings (SSSR count). The molecule has 0 bridgehead atoms. The topological polar surface area (TPSA) is 65.5 Å². The molecule has 0 spiro atoms. The Bertz CT molecular complexity index is 1250. The van der Waals surface area contributed by atoms with Crippen LogP contribution in [-0.2, 0) is 4.74 Å². The molecule has 0 N–H and O–H groups in total. The Morgan fingerprint density at radius 3 is 2.35 bits per heavy atom. The highest BCUT2D eigenvalue weighted by molar-refractivity contribution is 6.06. The van der Waals surface area contributed by atoms with Crippen LogP contribution in [0.15, 0.2) is 78.9 Å². The van der Waals surface area contributed by atoms with E-state index < -0.39 is 12.6 Å². The van der Waals surface area contributed by atoms with Gasteiger partial charge in [-0.1, -0.05) is 18.2 Å². The van der Waals surface area contributed by atoms with Crippen LogP contribution in [0.4, 0.5) is 4.39 Å². The number of para-hydroxylation sites is 1. The fourth-order valence-electron chi connectivity index (χ4n) is 3.18. The molecule has 154 valence electrons. The summed E-state index contributed by atoms with van der Waals surface area (Å²) in [5, 5.41) is 0.607. The first-order valence-corrected chi connectivity index (χ1v) is 9.55. The molecule has 0 radical (unpaired) electrons. The van der Waals surface area contributed by atoms with Crippen molar-refractivity contribution < 1.29 is 23.5 Å². The molecule has 31 heavy (non-hydrogen) atoms. The summed E-state index contributed by atoms with van der Waals surface area (Å²) >= 11 is 0. The van der Waals surface area contributed by atoms with E-state index in [0.717, 1.165) is 0 Å². The van der Waals surface area contributed by atoms with Crippen molar-refractivity contribution in [2.24, 2.45) is 0 Å². The number of Topliss-reactive ketones (excluding diaryl/α,β-unsaturated/α-hetero) is 1. The number of halogens is 1. The van der Waals surface area contributed by atoms with Gasteiger partial charge in [-0.05, 0) is 60.7 Å². The number of benzene rings is 3. The number of fused-ring (bicyclic) bond motifs is 1. The highest BCUT2D eigenvalue weighted by atomic mass is 19.1. The van der Waals surface area contributed by atoms with E-state index >= 15 is 0 Å². The molecule has 0 fully saturated rings. The summed E-state index contributed by atoms with van der Waals surface area (Å²) in [7, 11) is 1.54. The van der Waals surface area contributed by atoms with Crippen LogP contribution in [0.3, 0.4) is 0 Å². The van der Waals surface area contributed by atoms with Crippen molar-refractivity contribution in [3.8, 4) is 17.0 Å². The molecule has 4 aromatic rings. The van der Waals surface area contributed by atoms with E-state index in [1.165, 1.54) is 19.2 Å². The number of rotatable bonds is 6. The zero-order chi connectivity index (χ0) is 21.8. The van der Waals surface area contributed by atoms with E-state index in [9.17, 15) is 14.0 Å². The van der Waals surface area contributed by atoms with Crippen molar-refractivity contribution in [1.82, 2.24) is 4.98 Å². The van der Waals surface area contributed by atoms with Crippen LogP contribution in [0.1, 0.15) is 20.7 Å². The van der Waals surface area contributed by atoms with Gasteiger partial charge >= 0.3 is 5.97 Å². The lowest BCUT2D eigenvalue weighted by Gasteiger charge is -2.10. The molecule has 1 heterocycles. The standard InChI is InChI=1S/C25H18FNO4/c1-30-19-12-8-17(9-13-19)24(28)15-31-25(29)21-14-23(16-6-10-18(26)11-7-16)27-22-5-3-2-4-20(21)22/h2-14H,15H2,1H3. The molecule has 1 aromatic heterocycles.